The fourth-order valence-electron chi connectivity index (χ4n) is 1.24. The van der Waals surface area contributed by atoms with Crippen molar-refractivity contribution in [3.8, 4) is 0 Å². The minimum Gasteiger partial charge on any atom is -0.261 e. The van der Waals surface area contributed by atoms with E-state index < -0.39 is 0 Å². The van der Waals surface area contributed by atoms with Crippen molar-refractivity contribution < 1.29 is 0 Å². The second-order valence-corrected chi connectivity index (χ2v) is 4.13. The molecule has 1 heteroatoms. The summed E-state index contributed by atoms with van der Waals surface area (Å²) in [6, 6.07) is 4.34. The van der Waals surface area contributed by atoms with E-state index in [-0.39, 0.29) is 5.41 Å². The van der Waals surface area contributed by atoms with Gasteiger partial charge < -0.3 is 0 Å². The fraction of sp³-hybridized carbons (Fsp3) is 0.583. The minimum absolute atomic E-state index is 0.263. The lowest BCUT2D eigenvalue weighted by atomic mass is 9.83. The predicted molar refractivity (Wildman–Crippen MR) is 56.9 cm³/mol. The first kappa shape index (κ1) is 10.2. The molecule has 72 valence electrons. The summed E-state index contributed by atoms with van der Waals surface area (Å²) in [4.78, 5) is 4.41. The smallest absolute Gasteiger partial charge is 0.0401 e. The van der Waals surface area contributed by atoms with Gasteiger partial charge in [-0.05, 0) is 29.9 Å². The van der Waals surface area contributed by atoms with E-state index in [1.807, 2.05) is 6.20 Å². The van der Waals surface area contributed by atoms with Crippen LogP contribution in [-0.4, -0.2) is 4.98 Å². The monoisotopic (exact) mass is 177 g/mol. The highest BCUT2D eigenvalue weighted by Gasteiger charge is 2.17. The van der Waals surface area contributed by atoms with E-state index in [2.05, 4.69) is 44.8 Å². The molecule has 0 amide bonds. The van der Waals surface area contributed by atoms with E-state index in [0.717, 1.165) is 12.8 Å². The molecule has 1 aromatic rings. The highest BCUT2D eigenvalue weighted by atomic mass is 14.7. The largest absolute Gasteiger partial charge is 0.261 e. The second kappa shape index (κ2) is 3.91. The number of aromatic nitrogens is 1. The zero-order valence-corrected chi connectivity index (χ0v) is 9.09. The summed E-state index contributed by atoms with van der Waals surface area (Å²) in [6.45, 7) is 8.87. The lowest BCUT2D eigenvalue weighted by Gasteiger charge is -2.22. The van der Waals surface area contributed by atoms with Crippen LogP contribution < -0.4 is 0 Å². The Bertz CT molecular complexity index is 259. The summed E-state index contributed by atoms with van der Waals surface area (Å²) in [6.07, 6.45) is 4.19. The third-order valence-electron chi connectivity index (χ3n) is 2.85. The van der Waals surface area contributed by atoms with Crippen molar-refractivity contribution in [2.75, 3.05) is 0 Å². The summed E-state index contributed by atoms with van der Waals surface area (Å²) in [5, 5.41) is 0. The van der Waals surface area contributed by atoms with Gasteiger partial charge in [0, 0.05) is 11.9 Å². The van der Waals surface area contributed by atoms with Gasteiger partial charge in [-0.2, -0.15) is 0 Å². The Hall–Kier alpha value is -0.850. The van der Waals surface area contributed by atoms with E-state index in [1.54, 1.807) is 0 Å². The molecular weight excluding hydrogens is 158 g/mol. The van der Waals surface area contributed by atoms with Gasteiger partial charge in [-0.15, -0.1) is 0 Å². The van der Waals surface area contributed by atoms with E-state index in [1.165, 1.54) is 11.3 Å². The van der Waals surface area contributed by atoms with Crippen molar-refractivity contribution in [3.05, 3.63) is 29.6 Å². The van der Waals surface area contributed by atoms with Gasteiger partial charge in [-0.25, -0.2) is 0 Å². The molecule has 0 N–H and O–H groups in total. The van der Waals surface area contributed by atoms with Gasteiger partial charge in [-0.3, -0.25) is 4.98 Å². The molecule has 1 aromatic heterocycles. The van der Waals surface area contributed by atoms with Crippen LogP contribution in [0.5, 0.6) is 0 Å². The Morgan fingerprint density at radius 3 is 2.31 bits per heavy atom. The highest BCUT2D eigenvalue weighted by Crippen LogP contribution is 2.25. The second-order valence-electron chi connectivity index (χ2n) is 4.13. The van der Waals surface area contributed by atoms with Crippen molar-refractivity contribution in [3.63, 3.8) is 0 Å². The van der Waals surface area contributed by atoms with Crippen molar-refractivity contribution in [2.45, 2.75) is 46.0 Å². The zero-order chi connectivity index (χ0) is 9.90. The number of pyridine rings is 1. The number of nitrogens with zero attached hydrogens (tertiary/aromatic N) is 1. The van der Waals surface area contributed by atoms with Crippen LogP contribution in [-0.2, 0) is 11.8 Å². The normalized spacial score (nSPS) is 11.7. The standard InChI is InChI=1S/C12H19N/c1-5-11-8-7-10(9-13-11)12(3,4)6-2/h7-9H,5-6H2,1-4H3. The fourth-order valence-corrected chi connectivity index (χ4v) is 1.24. The summed E-state index contributed by atoms with van der Waals surface area (Å²) in [5.41, 5.74) is 2.78. The third-order valence-corrected chi connectivity index (χ3v) is 2.85. The van der Waals surface area contributed by atoms with Crippen molar-refractivity contribution in [2.24, 2.45) is 0 Å². The highest BCUT2D eigenvalue weighted by molar-refractivity contribution is 5.21. The third kappa shape index (κ3) is 2.30. The SMILES string of the molecule is CCc1ccc(C(C)(C)CC)cn1. The van der Waals surface area contributed by atoms with E-state index >= 15 is 0 Å². The van der Waals surface area contributed by atoms with Gasteiger partial charge in [0.2, 0.25) is 0 Å². The van der Waals surface area contributed by atoms with Gasteiger partial charge >= 0.3 is 0 Å². The predicted octanol–water partition coefficient (Wildman–Crippen LogP) is 3.33. The topological polar surface area (TPSA) is 12.9 Å². The van der Waals surface area contributed by atoms with Crippen molar-refractivity contribution >= 4 is 0 Å². The molecule has 0 aliphatic rings. The molecule has 0 aliphatic carbocycles. The maximum absolute atomic E-state index is 4.41. The maximum atomic E-state index is 4.41. The first-order chi connectivity index (χ1) is 6.10. The summed E-state index contributed by atoms with van der Waals surface area (Å²) < 4.78 is 0. The summed E-state index contributed by atoms with van der Waals surface area (Å²) in [7, 11) is 0. The minimum atomic E-state index is 0.263. The van der Waals surface area contributed by atoms with Crippen LogP contribution in [0.25, 0.3) is 0 Å². The lowest BCUT2D eigenvalue weighted by molar-refractivity contribution is 0.504. The molecule has 0 aromatic carbocycles. The Morgan fingerprint density at radius 2 is 1.92 bits per heavy atom. The van der Waals surface area contributed by atoms with E-state index in [0.29, 0.717) is 0 Å². The van der Waals surface area contributed by atoms with Crippen LogP contribution in [0.2, 0.25) is 0 Å². The van der Waals surface area contributed by atoms with Gasteiger partial charge in [0.15, 0.2) is 0 Å². The average molecular weight is 177 g/mol. The van der Waals surface area contributed by atoms with Crippen LogP contribution in [0.4, 0.5) is 0 Å². The Kier molecular flexibility index (Phi) is 3.07. The Balaban J connectivity index is 2.92. The molecule has 0 atom stereocenters. The average Bonchev–Trinajstić information content (AvgIpc) is 2.18. The molecule has 1 nitrogen and oxygen atoms in total. The number of aryl methyl sites for hydroxylation is 1. The summed E-state index contributed by atoms with van der Waals surface area (Å²) in [5.74, 6) is 0. The zero-order valence-electron chi connectivity index (χ0n) is 9.09. The molecule has 0 radical (unpaired) electrons. The first-order valence-corrected chi connectivity index (χ1v) is 5.05. The van der Waals surface area contributed by atoms with Gasteiger partial charge in [0.25, 0.3) is 0 Å². The molecule has 0 saturated heterocycles. The van der Waals surface area contributed by atoms with Crippen LogP contribution in [0.15, 0.2) is 18.3 Å². The quantitative estimate of drug-likeness (QED) is 0.690. The Morgan fingerprint density at radius 1 is 1.23 bits per heavy atom. The van der Waals surface area contributed by atoms with Crippen molar-refractivity contribution in [1.82, 2.24) is 4.98 Å². The molecule has 13 heavy (non-hydrogen) atoms. The Labute approximate surface area is 81.2 Å². The molecule has 0 spiro atoms. The molecule has 1 rings (SSSR count). The number of hydrogen-bond donors (Lipinski definition) is 0. The molecule has 0 fully saturated rings. The van der Waals surface area contributed by atoms with Crippen LogP contribution >= 0.6 is 0 Å². The molecular formula is C12H19N. The van der Waals surface area contributed by atoms with Crippen LogP contribution in [0.1, 0.15) is 45.4 Å². The van der Waals surface area contributed by atoms with E-state index in [4.69, 9.17) is 0 Å². The maximum Gasteiger partial charge on any atom is 0.0401 e. The molecule has 1 heterocycles. The number of hydrogen-bond acceptors (Lipinski definition) is 1. The summed E-state index contributed by atoms with van der Waals surface area (Å²) >= 11 is 0. The van der Waals surface area contributed by atoms with Gasteiger partial charge in [0.1, 0.15) is 0 Å². The number of rotatable bonds is 3. The molecule has 0 saturated carbocycles. The molecule has 0 unspecified atom stereocenters. The first-order valence-electron chi connectivity index (χ1n) is 5.05. The molecule has 0 bridgehead atoms. The van der Waals surface area contributed by atoms with E-state index in [9.17, 15) is 0 Å². The van der Waals surface area contributed by atoms with Gasteiger partial charge in [0.05, 0.1) is 0 Å². The van der Waals surface area contributed by atoms with Gasteiger partial charge in [-0.1, -0.05) is 33.8 Å². The lowest BCUT2D eigenvalue weighted by Crippen LogP contribution is -2.15. The molecule has 0 aliphatic heterocycles. The van der Waals surface area contributed by atoms with Crippen LogP contribution in [0, 0.1) is 0 Å². The van der Waals surface area contributed by atoms with Crippen LogP contribution in [0.3, 0.4) is 0 Å². The van der Waals surface area contributed by atoms with Crippen molar-refractivity contribution in [1.29, 1.82) is 0 Å².